The summed E-state index contributed by atoms with van der Waals surface area (Å²) in [6, 6.07) is 7.44. The van der Waals surface area contributed by atoms with Crippen LogP contribution in [-0.4, -0.2) is 23.2 Å². The van der Waals surface area contributed by atoms with E-state index in [1.165, 1.54) is 5.56 Å². The minimum atomic E-state index is 0.265. The van der Waals surface area contributed by atoms with Gasteiger partial charge in [0.05, 0.1) is 5.52 Å². The van der Waals surface area contributed by atoms with Crippen molar-refractivity contribution in [3.8, 4) is 5.75 Å². The summed E-state index contributed by atoms with van der Waals surface area (Å²) in [6.45, 7) is 8.19. The highest BCUT2D eigenvalue weighted by Crippen LogP contribution is 2.25. The lowest BCUT2D eigenvalue weighted by molar-refractivity contribution is 0.476. The van der Waals surface area contributed by atoms with Gasteiger partial charge in [-0.2, -0.15) is 0 Å². The van der Waals surface area contributed by atoms with Crippen LogP contribution in [0.4, 0.5) is 5.82 Å². The van der Waals surface area contributed by atoms with Gasteiger partial charge in [-0.1, -0.05) is 0 Å². The topological polar surface area (TPSA) is 36.4 Å². The Morgan fingerprint density at radius 1 is 1.18 bits per heavy atom. The number of aromatic nitrogens is 1. The number of benzene rings is 1. The highest BCUT2D eigenvalue weighted by molar-refractivity contribution is 5.85. The lowest BCUT2D eigenvalue weighted by Gasteiger charge is -2.20. The van der Waals surface area contributed by atoms with Crippen molar-refractivity contribution in [2.24, 2.45) is 0 Å². The fourth-order valence-electron chi connectivity index (χ4n) is 2.08. The van der Waals surface area contributed by atoms with Gasteiger partial charge in [-0.25, -0.2) is 4.98 Å². The summed E-state index contributed by atoms with van der Waals surface area (Å²) in [5.41, 5.74) is 2.05. The summed E-state index contributed by atoms with van der Waals surface area (Å²) in [4.78, 5) is 6.81. The van der Waals surface area contributed by atoms with E-state index in [9.17, 15) is 5.11 Å². The van der Waals surface area contributed by atoms with Crippen LogP contribution >= 0.6 is 0 Å². The molecule has 0 fully saturated rings. The highest BCUT2D eigenvalue weighted by atomic mass is 16.3. The molecule has 1 heterocycles. The molecule has 0 saturated carbocycles. The third kappa shape index (κ3) is 2.18. The van der Waals surface area contributed by atoms with Crippen LogP contribution in [0.2, 0.25) is 0 Å². The number of aromatic hydroxyl groups is 1. The van der Waals surface area contributed by atoms with Crippen molar-refractivity contribution in [3.63, 3.8) is 0 Å². The molecule has 1 aromatic heterocycles. The van der Waals surface area contributed by atoms with Gasteiger partial charge in [-0.3, -0.25) is 0 Å². The second-order valence-electron chi connectivity index (χ2n) is 4.17. The molecule has 3 heteroatoms. The molecule has 0 saturated heterocycles. The van der Waals surface area contributed by atoms with Crippen LogP contribution in [0.5, 0.6) is 5.75 Å². The summed E-state index contributed by atoms with van der Waals surface area (Å²) >= 11 is 0. The molecule has 0 atom stereocenters. The normalized spacial score (nSPS) is 10.8. The molecule has 17 heavy (non-hydrogen) atoms. The van der Waals surface area contributed by atoms with Gasteiger partial charge in [-0.05, 0) is 44.5 Å². The van der Waals surface area contributed by atoms with Gasteiger partial charge >= 0.3 is 0 Å². The van der Waals surface area contributed by atoms with Gasteiger partial charge in [0.2, 0.25) is 0 Å². The van der Waals surface area contributed by atoms with Crippen LogP contribution in [0.15, 0.2) is 24.3 Å². The molecule has 0 aliphatic heterocycles. The Morgan fingerprint density at radius 2 is 1.88 bits per heavy atom. The molecule has 0 amide bonds. The second kappa shape index (κ2) is 4.62. The molecule has 1 N–H and O–H groups in total. The van der Waals surface area contributed by atoms with E-state index in [1.54, 1.807) is 12.1 Å². The maximum absolute atomic E-state index is 9.51. The maximum Gasteiger partial charge on any atom is 0.129 e. The third-order valence-electron chi connectivity index (χ3n) is 3.07. The summed E-state index contributed by atoms with van der Waals surface area (Å²) in [7, 11) is 0. The lowest BCUT2D eigenvalue weighted by Crippen LogP contribution is -2.23. The van der Waals surface area contributed by atoms with Crippen LogP contribution in [-0.2, 0) is 0 Å². The van der Waals surface area contributed by atoms with E-state index >= 15 is 0 Å². The summed E-state index contributed by atoms with van der Waals surface area (Å²) in [6.07, 6.45) is 0. The second-order valence-corrected chi connectivity index (χ2v) is 4.17. The fourth-order valence-corrected chi connectivity index (χ4v) is 2.08. The molecule has 1 aromatic carbocycles. The first-order valence-electron chi connectivity index (χ1n) is 6.01. The number of phenolic OH excluding ortho intramolecular Hbond substituents is 1. The number of hydrogen-bond donors (Lipinski definition) is 1. The Kier molecular flexibility index (Phi) is 3.18. The molecular formula is C14H18N2O. The van der Waals surface area contributed by atoms with Crippen molar-refractivity contribution in [2.45, 2.75) is 20.8 Å². The smallest absolute Gasteiger partial charge is 0.129 e. The van der Waals surface area contributed by atoms with E-state index in [4.69, 9.17) is 0 Å². The minimum absolute atomic E-state index is 0.265. The molecular weight excluding hydrogens is 212 g/mol. The molecule has 0 aliphatic carbocycles. The number of rotatable bonds is 3. The Hall–Kier alpha value is -1.77. The molecule has 0 radical (unpaired) electrons. The Labute approximate surface area is 102 Å². The van der Waals surface area contributed by atoms with E-state index in [2.05, 4.69) is 36.7 Å². The number of anilines is 1. The quantitative estimate of drug-likeness (QED) is 0.880. The molecule has 0 bridgehead atoms. The molecule has 2 rings (SSSR count). The van der Waals surface area contributed by atoms with Crippen LogP contribution in [0, 0.1) is 6.92 Å². The van der Waals surface area contributed by atoms with Crippen molar-refractivity contribution in [3.05, 3.63) is 29.8 Å². The highest BCUT2D eigenvalue weighted by Gasteiger charge is 2.07. The number of aryl methyl sites for hydroxylation is 1. The molecule has 3 nitrogen and oxygen atoms in total. The first kappa shape index (κ1) is 11.7. The van der Waals surface area contributed by atoms with E-state index in [1.807, 2.05) is 6.07 Å². The Balaban J connectivity index is 2.60. The van der Waals surface area contributed by atoms with Gasteiger partial charge in [-0.15, -0.1) is 0 Å². The van der Waals surface area contributed by atoms with Crippen LogP contribution in [0.1, 0.15) is 19.4 Å². The largest absolute Gasteiger partial charge is 0.508 e. The summed E-state index contributed by atoms with van der Waals surface area (Å²) in [5.74, 6) is 1.24. The third-order valence-corrected chi connectivity index (χ3v) is 3.07. The van der Waals surface area contributed by atoms with Crippen molar-refractivity contribution < 1.29 is 5.11 Å². The van der Waals surface area contributed by atoms with Gasteiger partial charge in [0.1, 0.15) is 11.6 Å². The molecule has 90 valence electrons. The summed E-state index contributed by atoms with van der Waals surface area (Å²) in [5, 5.41) is 10.6. The minimum Gasteiger partial charge on any atom is -0.508 e. The monoisotopic (exact) mass is 230 g/mol. The van der Waals surface area contributed by atoms with Crippen molar-refractivity contribution >= 4 is 16.7 Å². The zero-order valence-electron chi connectivity index (χ0n) is 10.6. The Bertz CT molecular complexity index is 533. The maximum atomic E-state index is 9.51. The fraction of sp³-hybridized carbons (Fsp3) is 0.357. The number of fused-ring (bicyclic) bond motifs is 1. The van der Waals surface area contributed by atoms with E-state index in [-0.39, 0.29) is 5.75 Å². The average Bonchev–Trinajstić information content (AvgIpc) is 2.30. The van der Waals surface area contributed by atoms with Crippen LogP contribution < -0.4 is 4.90 Å². The van der Waals surface area contributed by atoms with Crippen LogP contribution in [0.3, 0.4) is 0 Å². The summed E-state index contributed by atoms with van der Waals surface area (Å²) < 4.78 is 0. The van der Waals surface area contributed by atoms with Gasteiger partial charge in [0.25, 0.3) is 0 Å². The molecule has 0 spiro atoms. The van der Waals surface area contributed by atoms with Gasteiger partial charge in [0.15, 0.2) is 0 Å². The molecule has 2 aromatic rings. The van der Waals surface area contributed by atoms with Crippen LogP contribution in [0.25, 0.3) is 10.9 Å². The van der Waals surface area contributed by atoms with Gasteiger partial charge < -0.3 is 10.0 Å². The first-order chi connectivity index (χ1) is 8.15. The predicted octanol–water partition coefficient (Wildman–Crippen LogP) is 3.10. The lowest BCUT2D eigenvalue weighted by atomic mass is 10.1. The molecule has 0 aliphatic rings. The Morgan fingerprint density at radius 3 is 2.53 bits per heavy atom. The number of hydrogen-bond acceptors (Lipinski definition) is 3. The van der Waals surface area contributed by atoms with Crippen molar-refractivity contribution in [1.82, 2.24) is 4.98 Å². The number of phenols is 1. The first-order valence-corrected chi connectivity index (χ1v) is 6.01. The molecule has 0 unspecified atom stereocenters. The SMILES string of the molecule is CCN(CC)c1cc(C)c2ccc(O)cc2n1. The zero-order chi connectivity index (χ0) is 12.4. The predicted molar refractivity (Wildman–Crippen MR) is 71.7 cm³/mol. The van der Waals surface area contributed by atoms with E-state index in [0.717, 1.165) is 29.8 Å². The standard InChI is InChI=1S/C14H18N2O/c1-4-16(5-2)14-8-10(3)12-7-6-11(17)9-13(12)15-14/h6-9,17H,4-5H2,1-3H3. The van der Waals surface area contributed by atoms with Gasteiger partial charge in [0, 0.05) is 24.5 Å². The van der Waals surface area contributed by atoms with E-state index < -0.39 is 0 Å². The number of pyridine rings is 1. The van der Waals surface area contributed by atoms with Crippen molar-refractivity contribution in [2.75, 3.05) is 18.0 Å². The average molecular weight is 230 g/mol. The zero-order valence-corrected chi connectivity index (χ0v) is 10.6. The van der Waals surface area contributed by atoms with E-state index in [0.29, 0.717) is 0 Å². The van der Waals surface area contributed by atoms with Crippen molar-refractivity contribution in [1.29, 1.82) is 0 Å². The number of nitrogens with zero attached hydrogens (tertiary/aromatic N) is 2.